The van der Waals surface area contributed by atoms with Gasteiger partial charge in [0.1, 0.15) is 0 Å². The standard InChI is InChI=1S/C19H29N3O4S/c1-16-3-4-18(17(2)15-16)27(24,25)22-9-7-21(8-10-22)19(23)5-6-20-11-13-26-14-12-20/h3-4,15H,5-14H2,1-2H3. The average molecular weight is 396 g/mol. The summed E-state index contributed by atoms with van der Waals surface area (Å²) in [5.74, 6) is 0.102. The highest BCUT2D eigenvalue weighted by Crippen LogP contribution is 2.22. The van der Waals surface area contributed by atoms with E-state index >= 15 is 0 Å². The Morgan fingerprint density at radius 2 is 1.70 bits per heavy atom. The van der Waals surface area contributed by atoms with Crippen LogP contribution in [0.3, 0.4) is 0 Å². The first-order chi connectivity index (χ1) is 12.9. The molecule has 0 radical (unpaired) electrons. The normalized spacial score (nSPS) is 20.0. The second-order valence-corrected chi connectivity index (χ2v) is 9.16. The quantitative estimate of drug-likeness (QED) is 0.740. The molecule has 27 heavy (non-hydrogen) atoms. The predicted molar refractivity (Wildman–Crippen MR) is 103 cm³/mol. The number of piperazine rings is 1. The van der Waals surface area contributed by atoms with Gasteiger partial charge in [0.2, 0.25) is 15.9 Å². The molecule has 1 aromatic carbocycles. The summed E-state index contributed by atoms with van der Waals surface area (Å²) in [7, 11) is -3.51. The number of morpholine rings is 1. The van der Waals surface area contributed by atoms with Crippen LogP contribution in [-0.4, -0.2) is 87.5 Å². The van der Waals surface area contributed by atoms with Gasteiger partial charge in [-0.15, -0.1) is 0 Å². The minimum atomic E-state index is -3.51. The fourth-order valence-electron chi connectivity index (χ4n) is 3.64. The van der Waals surface area contributed by atoms with E-state index < -0.39 is 10.0 Å². The molecule has 0 atom stereocenters. The number of hydrogen-bond acceptors (Lipinski definition) is 5. The fraction of sp³-hybridized carbons (Fsp3) is 0.632. The third kappa shape index (κ3) is 4.87. The highest BCUT2D eigenvalue weighted by atomic mass is 32.2. The monoisotopic (exact) mass is 395 g/mol. The van der Waals surface area contributed by atoms with Gasteiger partial charge in [-0.25, -0.2) is 8.42 Å². The number of aryl methyl sites for hydroxylation is 2. The van der Waals surface area contributed by atoms with Crippen LogP contribution in [0.15, 0.2) is 23.1 Å². The zero-order valence-electron chi connectivity index (χ0n) is 16.2. The Morgan fingerprint density at radius 1 is 1.04 bits per heavy atom. The summed E-state index contributed by atoms with van der Waals surface area (Å²) < 4.78 is 32.7. The van der Waals surface area contributed by atoms with Crippen molar-refractivity contribution in [3.8, 4) is 0 Å². The molecule has 2 heterocycles. The molecular weight excluding hydrogens is 366 g/mol. The van der Waals surface area contributed by atoms with E-state index in [1.165, 1.54) is 4.31 Å². The summed E-state index contributed by atoms with van der Waals surface area (Å²) in [6.07, 6.45) is 0.476. The molecule has 0 aromatic heterocycles. The number of rotatable bonds is 5. The van der Waals surface area contributed by atoms with Crippen molar-refractivity contribution in [1.82, 2.24) is 14.1 Å². The van der Waals surface area contributed by atoms with Crippen LogP contribution in [0, 0.1) is 13.8 Å². The SMILES string of the molecule is Cc1ccc(S(=O)(=O)N2CCN(C(=O)CCN3CCOCC3)CC2)c(C)c1. The number of carbonyl (C=O) groups is 1. The van der Waals surface area contributed by atoms with Crippen molar-refractivity contribution in [2.24, 2.45) is 0 Å². The molecule has 0 saturated carbocycles. The summed E-state index contributed by atoms with van der Waals surface area (Å²) >= 11 is 0. The number of nitrogens with zero attached hydrogens (tertiary/aromatic N) is 3. The predicted octanol–water partition coefficient (Wildman–Crippen LogP) is 0.859. The molecule has 2 fully saturated rings. The lowest BCUT2D eigenvalue weighted by molar-refractivity contribution is -0.133. The number of carbonyl (C=O) groups excluding carboxylic acids is 1. The molecule has 2 aliphatic rings. The van der Waals surface area contributed by atoms with E-state index in [1.807, 2.05) is 26.0 Å². The molecule has 8 heteroatoms. The number of sulfonamides is 1. The lowest BCUT2D eigenvalue weighted by Crippen LogP contribution is -2.51. The summed E-state index contributed by atoms with van der Waals surface area (Å²) in [6.45, 7) is 9.30. The highest BCUT2D eigenvalue weighted by Gasteiger charge is 2.31. The Morgan fingerprint density at radius 3 is 2.33 bits per heavy atom. The van der Waals surface area contributed by atoms with Crippen LogP contribution >= 0.6 is 0 Å². The number of benzene rings is 1. The smallest absolute Gasteiger partial charge is 0.243 e. The van der Waals surface area contributed by atoms with Gasteiger partial charge in [0, 0.05) is 52.2 Å². The molecule has 0 unspecified atom stereocenters. The zero-order chi connectivity index (χ0) is 19.4. The molecule has 0 N–H and O–H groups in total. The van der Waals surface area contributed by atoms with E-state index in [9.17, 15) is 13.2 Å². The van der Waals surface area contributed by atoms with Gasteiger partial charge in [-0.1, -0.05) is 17.7 Å². The summed E-state index contributed by atoms with van der Waals surface area (Å²) in [6, 6.07) is 5.39. The molecule has 1 amide bonds. The van der Waals surface area contributed by atoms with Gasteiger partial charge in [-0.2, -0.15) is 4.31 Å². The maximum absolute atomic E-state index is 12.9. The molecule has 2 aliphatic heterocycles. The van der Waals surface area contributed by atoms with E-state index in [0.29, 0.717) is 37.5 Å². The molecule has 0 aliphatic carbocycles. The molecule has 1 aromatic rings. The van der Waals surface area contributed by atoms with E-state index in [2.05, 4.69) is 4.90 Å². The van der Waals surface area contributed by atoms with Crippen LogP contribution in [0.25, 0.3) is 0 Å². The van der Waals surface area contributed by atoms with Crippen molar-refractivity contribution < 1.29 is 17.9 Å². The maximum Gasteiger partial charge on any atom is 0.243 e. The third-order valence-electron chi connectivity index (χ3n) is 5.29. The Balaban J connectivity index is 1.53. The summed E-state index contributed by atoms with van der Waals surface area (Å²) in [5, 5.41) is 0. The molecular formula is C19H29N3O4S. The van der Waals surface area contributed by atoms with Crippen LogP contribution in [0.1, 0.15) is 17.5 Å². The highest BCUT2D eigenvalue weighted by molar-refractivity contribution is 7.89. The lowest BCUT2D eigenvalue weighted by Gasteiger charge is -2.35. The van der Waals surface area contributed by atoms with Crippen LogP contribution in [-0.2, 0) is 19.6 Å². The van der Waals surface area contributed by atoms with Crippen molar-refractivity contribution in [2.45, 2.75) is 25.2 Å². The number of amides is 1. The molecule has 2 saturated heterocycles. The van der Waals surface area contributed by atoms with Crippen molar-refractivity contribution in [3.63, 3.8) is 0 Å². The van der Waals surface area contributed by atoms with Crippen molar-refractivity contribution >= 4 is 15.9 Å². The zero-order valence-corrected chi connectivity index (χ0v) is 17.0. The molecule has 0 spiro atoms. The average Bonchev–Trinajstić information content (AvgIpc) is 2.66. The van der Waals surface area contributed by atoms with Gasteiger partial charge in [0.05, 0.1) is 18.1 Å². The van der Waals surface area contributed by atoms with E-state index in [-0.39, 0.29) is 5.91 Å². The summed E-state index contributed by atoms with van der Waals surface area (Å²) in [5.41, 5.74) is 1.81. The lowest BCUT2D eigenvalue weighted by atomic mass is 10.2. The largest absolute Gasteiger partial charge is 0.379 e. The van der Waals surface area contributed by atoms with Crippen molar-refractivity contribution in [1.29, 1.82) is 0 Å². The van der Waals surface area contributed by atoms with Gasteiger partial charge in [0.15, 0.2) is 0 Å². The third-order valence-corrected chi connectivity index (χ3v) is 7.34. The number of hydrogen-bond donors (Lipinski definition) is 0. The van der Waals surface area contributed by atoms with Gasteiger partial charge in [0.25, 0.3) is 0 Å². The molecule has 150 valence electrons. The second kappa shape index (κ2) is 8.68. The van der Waals surface area contributed by atoms with Crippen LogP contribution in [0.4, 0.5) is 0 Å². The Kier molecular flexibility index (Phi) is 6.52. The summed E-state index contributed by atoms with van der Waals surface area (Å²) in [4.78, 5) is 16.8. The van der Waals surface area contributed by atoms with Gasteiger partial charge < -0.3 is 9.64 Å². The molecule has 3 rings (SSSR count). The Bertz CT molecular complexity index is 767. The first kappa shape index (κ1) is 20.3. The van der Waals surface area contributed by atoms with Gasteiger partial charge in [-0.3, -0.25) is 9.69 Å². The Hall–Kier alpha value is -1.48. The topological polar surface area (TPSA) is 70.2 Å². The van der Waals surface area contributed by atoms with Crippen LogP contribution in [0.2, 0.25) is 0 Å². The molecule has 7 nitrogen and oxygen atoms in total. The minimum absolute atomic E-state index is 0.102. The molecule has 0 bridgehead atoms. The van der Waals surface area contributed by atoms with E-state index in [1.54, 1.807) is 11.0 Å². The fourth-order valence-corrected chi connectivity index (χ4v) is 5.27. The minimum Gasteiger partial charge on any atom is -0.379 e. The maximum atomic E-state index is 12.9. The van der Waals surface area contributed by atoms with E-state index in [4.69, 9.17) is 4.74 Å². The first-order valence-corrected chi connectivity index (χ1v) is 11.0. The van der Waals surface area contributed by atoms with Crippen molar-refractivity contribution in [2.75, 3.05) is 59.0 Å². The second-order valence-electron chi connectivity index (χ2n) is 7.26. The van der Waals surface area contributed by atoms with Crippen LogP contribution < -0.4 is 0 Å². The van der Waals surface area contributed by atoms with E-state index in [0.717, 1.165) is 44.0 Å². The first-order valence-electron chi connectivity index (χ1n) is 9.53. The number of ether oxygens (including phenoxy) is 1. The van der Waals surface area contributed by atoms with Gasteiger partial charge in [-0.05, 0) is 25.5 Å². The Labute approximate surface area is 161 Å². The van der Waals surface area contributed by atoms with Crippen LogP contribution in [0.5, 0.6) is 0 Å². The van der Waals surface area contributed by atoms with Gasteiger partial charge >= 0.3 is 0 Å². The van der Waals surface area contributed by atoms with Crippen molar-refractivity contribution in [3.05, 3.63) is 29.3 Å².